The lowest BCUT2D eigenvalue weighted by molar-refractivity contribution is 0.585. The zero-order valence-electron chi connectivity index (χ0n) is 9.19. The van der Waals surface area contributed by atoms with Gasteiger partial charge in [0.1, 0.15) is 0 Å². The summed E-state index contributed by atoms with van der Waals surface area (Å²) in [6, 6.07) is 6.27. The Hall–Kier alpha value is -0.580. The Morgan fingerprint density at radius 1 is 1.31 bits per heavy atom. The average molecular weight is 262 g/mol. The van der Waals surface area contributed by atoms with Crippen LogP contribution in [0.5, 0.6) is 0 Å². The third kappa shape index (κ3) is 4.12. The lowest BCUT2D eigenvalue weighted by atomic mass is 10.2. The first-order chi connectivity index (χ1) is 7.42. The first-order valence-corrected chi connectivity index (χ1v) is 7.19. The van der Waals surface area contributed by atoms with E-state index in [0.29, 0.717) is 22.8 Å². The Morgan fingerprint density at radius 3 is 2.38 bits per heavy atom. The van der Waals surface area contributed by atoms with Crippen LogP contribution in [0.15, 0.2) is 29.2 Å². The van der Waals surface area contributed by atoms with Gasteiger partial charge >= 0.3 is 0 Å². The number of sulfone groups is 1. The van der Waals surface area contributed by atoms with E-state index in [-0.39, 0.29) is 11.8 Å². The van der Waals surface area contributed by atoms with Gasteiger partial charge in [0.2, 0.25) is 0 Å². The van der Waals surface area contributed by atoms with E-state index in [1.54, 1.807) is 12.1 Å². The molecular formula is C11H16ClNO2S. The zero-order valence-corrected chi connectivity index (χ0v) is 10.8. The number of benzene rings is 1. The highest BCUT2D eigenvalue weighted by Gasteiger charge is 2.13. The molecule has 16 heavy (non-hydrogen) atoms. The van der Waals surface area contributed by atoms with Crippen molar-refractivity contribution >= 4 is 21.4 Å². The van der Waals surface area contributed by atoms with Crippen molar-refractivity contribution in [3.63, 3.8) is 0 Å². The minimum Gasteiger partial charge on any atom is -0.328 e. The third-order valence-electron chi connectivity index (χ3n) is 2.25. The van der Waals surface area contributed by atoms with Crippen molar-refractivity contribution in [2.45, 2.75) is 30.7 Å². The highest BCUT2D eigenvalue weighted by atomic mass is 35.5. The molecule has 0 spiro atoms. The number of hydrogen-bond acceptors (Lipinski definition) is 3. The van der Waals surface area contributed by atoms with Crippen LogP contribution < -0.4 is 5.73 Å². The van der Waals surface area contributed by atoms with Crippen LogP contribution in [0.2, 0.25) is 5.02 Å². The van der Waals surface area contributed by atoms with Gasteiger partial charge in [-0.2, -0.15) is 0 Å². The van der Waals surface area contributed by atoms with E-state index >= 15 is 0 Å². The lowest BCUT2D eigenvalue weighted by Crippen LogP contribution is -2.16. The van der Waals surface area contributed by atoms with E-state index in [9.17, 15) is 8.42 Å². The Kier molecular flexibility index (Phi) is 4.77. The molecule has 1 atom stereocenters. The molecule has 5 heteroatoms. The first-order valence-electron chi connectivity index (χ1n) is 5.16. The van der Waals surface area contributed by atoms with Crippen LogP contribution >= 0.6 is 11.6 Å². The van der Waals surface area contributed by atoms with Crippen molar-refractivity contribution in [1.82, 2.24) is 0 Å². The normalized spacial score (nSPS) is 13.7. The summed E-state index contributed by atoms with van der Waals surface area (Å²) in [6.07, 6.45) is 1.30. The second-order valence-corrected chi connectivity index (χ2v) is 6.44. The summed E-state index contributed by atoms with van der Waals surface area (Å²) >= 11 is 5.70. The minimum absolute atomic E-state index is 0.0421. The largest absolute Gasteiger partial charge is 0.328 e. The molecule has 0 aliphatic heterocycles. The number of hydrogen-bond donors (Lipinski definition) is 1. The van der Waals surface area contributed by atoms with Gasteiger partial charge in [-0.3, -0.25) is 0 Å². The molecule has 0 aromatic heterocycles. The van der Waals surface area contributed by atoms with Crippen LogP contribution in [-0.4, -0.2) is 20.2 Å². The van der Waals surface area contributed by atoms with Crippen molar-refractivity contribution in [1.29, 1.82) is 0 Å². The third-order valence-corrected chi connectivity index (χ3v) is 4.31. The molecule has 1 unspecified atom stereocenters. The van der Waals surface area contributed by atoms with Crippen molar-refractivity contribution in [3.05, 3.63) is 29.3 Å². The summed E-state index contributed by atoms with van der Waals surface area (Å²) in [5.74, 6) is 0.135. The molecule has 0 bridgehead atoms. The molecule has 1 aromatic rings. The molecular weight excluding hydrogens is 246 g/mol. The van der Waals surface area contributed by atoms with Crippen LogP contribution in [0.25, 0.3) is 0 Å². The summed E-state index contributed by atoms with van der Waals surface area (Å²) in [7, 11) is -3.19. The molecule has 90 valence electrons. The SMILES string of the molecule is CC(N)CCCS(=O)(=O)c1ccc(Cl)cc1. The van der Waals surface area contributed by atoms with E-state index in [0.717, 1.165) is 0 Å². The quantitative estimate of drug-likeness (QED) is 0.884. The number of rotatable bonds is 5. The van der Waals surface area contributed by atoms with Gasteiger partial charge in [-0.15, -0.1) is 0 Å². The van der Waals surface area contributed by atoms with Gasteiger partial charge in [-0.25, -0.2) is 8.42 Å². The molecule has 2 N–H and O–H groups in total. The smallest absolute Gasteiger partial charge is 0.178 e. The minimum atomic E-state index is -3.19. The molecule has 0 aliphatic carbocycles. The highest BCUT2D eigenvalue weighted by molar-refractivity contribution is 7.91. The molecule has 0 saturated heterocycles. The first kappa shape index (κ1) is 13.5. The molecule has 0 saturated carbocycles. The second-order valence-electron chi connectivity index (χ2n) is 3.89. The Morgan fingerprint density at radius 2 is 1.88 bits per heavy atom. The highest BCUT2D eigenvalue weighted by Crippen LogP contribution is 2.16. The summed E-state index contributed by atoms with van der Waals surface area (Å²) in [4.78, 5) is 0.321. The summed E-state index contributed by atoms with van der Waals surface area (Å²) in [5, 5.41) is 0.537. The van der Waals surface area contributed by atoms with Gasteiger partial charge in [0, 0.05) is 11.1 Å². The molecule has 0 radical (unpaired) electrons. The summed E-state index contributed by atoms with van der Waals surface area (Å²) in [6.45, 7) is 1.87. The Balaban J connectivity index is 2.67. The van der Waals surface area contributed by atoms with E-state index in [2.05, 4.69) is 0 Å². The van der Waals surface area contributed by atoms with Gasteiger partial charge in [0.05, 0.1) is 10.6 Å². The number of nitrogens with two attached hydrogens (primary N) is 1. The maximum absolute atomic E-state index is 11.8. The van der Waals surface area contributed by atoms with Gasteiger partial charge in [-0.05, 0) is 44.0 Å². The Bertz CT molecular complexity index is 426. The van der Waals surface area contributed by atoms with Crippen molar-refractivity contribution < 1.29 is 8.42 Å². The van der Waals surface area contributed by atoms with E-state index in [1.165, 1.54) is 12.1 Å². The second kappa shape index (κ2) is 5.66. The van der Waals surface area contributed by atoms with Crippen LogP contribution in [0.3, 0.4) is 0 Å². The maximum atomic E-state index is 11.8. The zero-order chi connectivity index (χ0) is 12.2. The fraction of sp³-hybridized carbons (Fsp3) is 0.455. The maximum Gasteiger partial charge on any atom is 0.178 e. The lowest BCUT2D eigenvalue weighted by Gasteiger charge is -2.06. The van der Waals surface area contributed by atoms with Gasteiger partial charge in [0.25, 0.3) is 0 Å². The molecule has 0 amide bonds. The van der Waals surface area contributed by atoms with Gasteiger partial charge in [-0.1, -0.05) is 11.6 Å². The van der Waals surface area contributed by atoms with Crippen LogP contribution in [0, 0.1) is 0 Å². The van der Waals surface area contributed by atoms with Crippen LogP contribution in [-0.2, 0) is 9.84 Å². The molecule has 0 aliphatic rings. The fourth-order valence-corrected chi connectivity index (χ4v) is 2.81. The molecule has 1 aromatic carbocycles. The molecule has 0 fully saturated rings. The van der Waals surface area contributed by atoms with Crippen LogP contribution in [0.4, 0.5) is 0 Å². The summed E-state index contributed by atoms with van der Waals surface area (Å²) < 4.78 is 23.7. The number of halogens is 1. The predicted molar refractivity (Wildman–Crippen MR) is 66.4 cm³/mol. The summed E-state index contributed by atoms with van der Waals surface area (Å²) in [5.41, 5.74) is 5.57. The van der Waals surface area contributed by atoms with Crippen molar-refractivity contribution in [2.24, 2.45) is 5.73 Å². The van der Waals surface area contributed by atoms with E-state index < -0.39 is 9.84 Å². The average Bonchev–Trinajstić information content (AvgIpc) is 2.17. The predicted octanol–water partition coefficient (Wildman–Crippen LogP) is 2.24. The molecule has 0 heterocycles. The standard InChI is InChI=1S/C11H16ClNO2S/c1-9(13)3-2-8-16(14,15)11-6-4-10(12)5-7-11/h4-7,9H,2-3,8,13H2,1H3. The van der Waals surface area contributed by atoms with E-state index in [4.69, 9.17) is 17.3 Å². The van der Waals surface area contributed by atoms with E-state index in [1.807, 2.05) is 6.92 Å². The van der Waals surface area contributed by atoms with Crippen molar-refractivity contribution in [3.8, 4) is 0 Å². The molecule has 3 nitrogen and oxygen atoms in total. The van der Waals surface area contributed by atoms with Crippen LogP contribution in [0.1, 0.15) is 19.8 Å². The topological polar surface area (TPSA) is 60.2 Å². The molecule has 1 rings (SSSR count). The van der Waals surface area contributed by atoms with Crippen molar-refractivity contribution in [2.75, 3.05) is 5.75 Å². The monoisotopic (exact) mass is 261 g/mol. The van der Waals surface area contributed by atoms with Gasteiger partial charge in [0.15, 0.2) is 9.84 Å². The Labute approximate surface area is 102 Å². The fourth-order valence-electron chi connectivity index (χ4n) is 1.36. The van der Waals surface area contributed by atoms with Gasteiger partial charge < -0.3 is 5.73 Å².